The highest BCUT2D eigenvalue weighted by atomic mass is 16.5. The monoisotopic (exact) mass is 1260 g/mol. The van der Waals surface area contributed by atoms with Gasteiger partial charge in [-0.2, -0.15) is 0 Å². The Morgan fingerprint density at radius 2 is 0.708 bits per heavy atom. The Morgan fingerprint density at radius 1 is 0.302 bits per heavy atom. The lowest BCUT2D eigenvalue weighted by Gasteiger charge is -2.48. The quantitative estimate of drug-likeness (QED) is 0.142. The standard InChI is InChI=1S/C90H74B2N2O2/c1-88(2,3)64-50-68(59-36-20-12-21-37-59)84(69(51-64)60-38-22-13-23-39-60)93-75-54-66(90(7,8)9)55-76-81(75)92(82-77(93)56-80-83-87(82)96-79-47-31-29-45-73(79)91(83)72-44-28-30-46-78(72)95-80)74-49-63(57-32-16-10-17-33-57)48-67(58-34-18-11-19-35-58)86(74)94(76)85-70(61-40-24-14-25-41-61)52-65(89(4,5)6)53-71(85)62-42-26-15-27-43-62/h10-56H,1-9H3/i10D,11D,16D,17D,18D,19D,28D,29D,30D,31D,32D,33D,34D,35D,44D,45D,46D,47D,48D,49D,56D. The zero-order valence-electron chi connectivity index (χ0n) is 75.4. The number of fused-ring (bicyclic) bond motifs is 9. The predicted molar refractivity (Wildman–Crippen MR) is 407 cm³/mol. The number of hydrogen-bond acceptors (Lipinski definition) is 4. The lowest BCUT2D eigenvalue weighted by molar-refractivity contribution is 0.467. The molecule has 0 spiro atoms. The lowest BCUT2D eigenvalue weighted by atomic mass is 9.30. The van der Waals surface area contributed by atoms with Crippen LogP contribution in [-0.4, -0.2) is 13.4 Å². The van der Waals surface area contributed by atoms with E-state index in [9.17, 15) is 27.4 Å². The average Bonchev–Trinajstić information content (AvgIpc) is 0.659. The number of ether oxygens (including phenoxy) is 2. The van der Waals surface area contributed by atoms with E-state index in [0.717, 1.165) is 11.1 Å². The van der Waals surface area contributed by atoms with Gasteiger partial charge in [-0.15, -0.1) is 0 Å². The highest BCUT2D eigenvalue weighted by Gasteiger charge is 2.52. The molecule has 4 aliphatic rings. The van der Waals surface area contributed by atoms with Crippen molar-refractivity contribution in [2.24, 2.45) is 0 Å². The molecule has 0 atom stereocenters. The third kappa shape index (κ3) is 9.66. The fourth-order valence-corrected chi connectivity index (χ4v) is 14.2. The molecule has 0 fully saturated rings. The molecule has 0 saturated heterocycles. The van der Waals surface area contributed by atoms with E-state index in [4.69, 9.17) is 10.8 Å². The van der Waals surface area contributed by atoms with Crippen LogP contribution in [0.5, 0.6) is 23.0 Å². The number of hydrogen-bond donors (Lipinski definition) is 0. The van der Waals surface area contributed by atoms with Crippen molar-refractivity contribution in [2.75, 3.05) is 9.80 Å². The zero-order chi connectivity index (χ0) is 83.6. The van der Waals surface area contributed by atoms with Crippen LogP contribution in [-0.2, 0) is 16.2 Å². The van der Waals surface area contributed by atoms with E-state index in [1.807, 2.05) is 164 Å². The van der Waals surface area contributed by atoms with Crippen LogP contribution in [0.1, 0.15) is 108 Å². The molecule has 13 aromatic carbocycles. The van der Waals surface area contributed by atoms with E-state index in [2.05, 4.69) is 65.8 Å². The molecule has 0 bridgehead atoms. The molecule has 0 saturated carbocycles. The largest absolute Gasteiger partial charge is 0.459 e. The van der Waals surface area contributed by atoms with Crippen LogP contribution >= 0.6 is 0 Å². The van der Waals surface area contributed by atoms with Crippen LogP contribution in [0.15, 0.2) is 285 Å². The molecule has 6 heteroatoms. The van der Waals surface area contributed by atoms with Gasteiger partial charge in [0.2, 0.25) is 0 Å². The van der Waals surface area contributed by atoms with Gasteiger partial charge in [0, 0.05) is 62.1 Å². The summed E-state index contributed by atoms with van der Waals surface area (Å²) < 4.78 is 223. The van der Waals surface area contributed by atoms with Crippen LogP contribution in [0.2, 0.25) is 0 Å². The van der Waals surface area contributed by atoms with Gasteiger partial charge < -0.3 is 19.3 Å². The van der Waals surface area contributed by atoms with Gasteiger partial charge in [-0.25, -0.2) is 0 Å². The lowest BCUT2D eigenvalue weighted by Crippen LogP contribution is -2.65. The Bertz CT molecular complexity index is 6350. The van der Waals surface area contributed by atoms with Gasteiger partial charge in [-0.3, -0.25) is 0 Å². The summed E-state index contributed by atoms with van der Waals surface area (Å²) in [6.07, 6.45) is 0. The van der Waals surface area contributed by atoms with Gasteiger partial charge in [0.15, 0.2) is 0 Å². The van der Waals surface area contributed by atoms with Gasteiger partial charge in [-0.05, 0) is 154 Å². The van der Waals surface area contributed by atoms with E-state index in [1.165, 1.54) is 0 Å². The fourth-order valence-electron chi connectivity index (χ4n) is 14.2. The Hall–Kier alpha value is -10.8. The first-order chi connectivity index (χ1) is 55.3. The first kappa shape index (κ1) is 40.4. The third-order valence-electron chi connectivity index (χ3n) is 18.9. The number of para-hydroxylation sites is 2. The van der Waals surface area contributed by atoms with E-state index in [1.54, 1.807) is 0 Å². The molecule has 4 nitrogen and oxygen atoms in total. The van der Waals surface area contributed by atoms with Gasteiger partial charge in [0.05, 0.1) is 40.2 Å². The van der Waals surface area contributed by atoms with E-state index in [0.29, 0.717) is 72.6 Å². The number of nitrogens with zero attached hydrogens (tertiary/aromatic N) is 2. The van der Waals surface area contributed by atoms with Gasteiger partial charge >= 0.3 is 0 Å². The number of benzene rings is 13. The second-order valence-corrected chi connectivity index (χ2v) is 27.9. The van der Waals surface area contributed by atoms with Crippen LogP contribution in [0.25, 0.3) is 66.8 Å². The molecule has 0 radical (unpaired) electrons. The molecule has 96 heavy (non-hydrogen) atoms. The molecule has 0 aromatic heterocycles. The van der Waals surface area contributed by atoms with Crippen molar-refractivity contribution in [2.45, 2.75) is 78.6 Å². The Balaban J connectivity index is 1.22. The van der Waals surface area contributed by atoms with Crippen molar-refractivity contribution in [3.8, 4) is 89.8 Å². The predicted octanol–water partition coefficient (Wildman–Crippen LogP) is 20.4. The first-order valence-corrected chi connectivity index (χ1v) is 32.2. The molecule has 13 aromatic rings. The number of rotatable bonds is 8. The molecular formula is C90H74B2N2O2. The summed E-state index contributed by atoms with van der Waals surface area (Å²) in [6, 6.07) is 34.8. The SMILES string of the molecule is [2H]c1c([2H])c([2H])c(-c2c([2H])c3c(c(-c4c([2H])c([2H])c([2H])c([2H])c4[2H])c2[2H])N(c2c(-c4ccccc4)cc(C(C)(C)C)cc2-c2ccccc2)c2cc(C(C)(C)C)cc4c2B3c2c3c5c(c([2H])c2N4c2c(-c4ccccc4)cc(C(C)(C)C)cc2-c2ccccc2)Oc2c([2H])c([2H])c([2H])c([2H])c2B5c2c([2H])c([2H])c([2H])c([2H])c2O3)c([2H])c1[2H]. The van der Waals surface area contributed by atoms with Crippen molar-refractivity contribution >= 4 is 80.3 Å². The maximum atomic E-state index is 11.8. The average molecular weight is 1260 g/mol. The molecule has 4 heterocycles. The van der Waals surface area contributed by atoms with E-state index >= 15 is 0 Å². The first-order valence-electron chi connectivity index (χ1n) is 42.7. The van der Waals surface area contributed by atoms with Crippen molar-refractivity contribution in [3.05, 3.63) is 301 Å². The zero-order valence-corrected chi connectivity index (χ0v) is 54.4. The molecule has 4 aliphatic heterocycles. The highest BCUT2D eigenvalue weighted by Crippen LogP contribution is 2.58. The van der Waals surface area contributed by atoms with Crippen molar-refractivity contribution in [1.29, 1.82) is 0 Å². The van der Waals surface area contributed by atoms with Gasteiger partial charge in [0.1, 0.15) is 23.0 Å². The van der Waals surface area contributed by atoms with Crippen molar-refractivity contribution in [3.63, 3.8) is 0 Å². The maximum Gasteiger partial charge on any atom is 0.260 e. The smallest absolute Gasteiger partial charge is 0.260 e. The summed E-state index contributed by atoms with van der Waals surface area (Å²) in [6.45, 7) is 15.2. The molecule has 0 N–H and O–H groups in total. The van der Waals surface area contributed by atoms with E-state index in [-0.39, 0.29) is 55.9 Å². The molecule has 0 unspecified atom stereocenters. The minimum Gasteiger partial charge on any atom is -0.459 e. The topological polar surface area (TPSA) is 24.9 Å². The summed E-state index contributed by atoms with van der Waals surface area (Å²) in [4.78, 5) is 3.83. The Morgan fingerprint density at radius 3 is 1.18 bits per heavy atom. The summed E-state index contributed by atoms with van der Waals surface area (Å²) in [5.74, 6) is -1.59. The van der Waals surface area contributed by atoms with Crippen LogP contribution in [0, 0.1) is 0 Å². The van der Waals surface area contributed by atoms with Crippen LogP contribution < -0.4 is 52.1 Å². The molecule has 17 rings (SSSR count). The minimum absolute atomic E-state index is 0.0642. The van der Waals surface area contributed by atoms with Crippen LogP contribution in [0.4, 0.5) is 34.1 Å². The highest BCUT2D eigenvalue weighted by molar-refractivity contribution is 7.03. The van der Waals surface area contributed by atoms with Crippen molar-refractivity contribution in [1.82, 2.24) is 0 Å². The minimum atomic E-state index is -1.74. The normalized spacial score (nSPS) is 16.4. The van der Waals surface area contributed by atoms with Gasteiger partial charge in [-0.1, -0.05) is 286 Å². The summed E-state index contributed by atoms with van der Waals surface area (Å²) in [5.41, 5.74) is 3.43. The molecule has 0 amide bonds. The second-order valence-electron chi connectivity index (χ2n) is 27.9. The van der Waals surface area contributed by atoms with Crippen molar-refractivity contribution < 1.29 is 38.3 Å². The van der Waals surface area contributed by atoms with Gasteiger partial charge in [0.25, 0.3) is 13.4 Å². The van der Waals surface area contributed by atoms with E-state index < -0.39 is 190 Å². The number of anilines is 6. The second kappa shape index (κ2) is 22.4. The summed E-state index contributed by atoms with van der Waals surface area (Å²) >= 11 is 0. The summed E-state index contributed by atoms with van der Waals surface area (Å²) in [5, 5.41) is 0. The molecule has 0 aliphatic carbocycles. The Labute approximate surface area is 595 Å². The Kier molecular flexibility index (Phi) is 9.45. The third-order valence-corrected chi connectivity index (χ3v) is 18.9. The van der Waals surface area contributed by atoms with Crippen LogP contribution in [0.3, 0.4) is 0 Å². The summed E-state index contributed by atoms with van der Waals surface area (Å²) in [7, 11) is 0. The fraction of sp³-hybridized carbons (Fsp3) is 0.133. The molecular weight excluding hydrogens is 1160 g/mol. The maximum absolute atomic E-state index is 11.8. The molecule has 462 valence electrons.